The van der Waals surface area contributed by atoms with Crippen molar-refractivity contribution in [3.05, 3.63) is 0 Å². The van der Waals surface area contributed by atoms with Crippen molar-refractivity contribution in [3.63, 3.8) is 0 Å². The second-order valence-electron chi connectivity index (χ2n) is 5.40. The van der Waals surface area contributed by atoms with Gasteiger partial charge in [0.05, 0.1) is 17.4 Å². The SMILES string of the molecule is CNC(=O)[C@H](CC(C)C)NC(=O)[C@H]1CCS(=O)(=O)C1. The first kappa shape index (κ1) is 15.9. The van der Waals surface area contributed by atoms with E-state index in [1.807, 2.05) is 13.8 Å². The highest BCUT2D eigenvalue weighted by Crippen LogP contribution is 2.19. The molecule has 2 N–H and O–H groups in total. The number of carbonyl (C=O) groups excluding carboxylic acids is 2. The van der Waals surface area contributed by atoms with Crippen LogP contribution in [-0.4, -0.2) is 44.8 Å². The highest BCUT2D eigenvalue weighted by atomic mass is 32.2. The summed E-state index contributed by atoms with van der Waals surface area (Å²) >= 11 is 0. The van der Waals surface area contributed by atoms with Gasteiger partial charge >= 0.3 is 0 Å². The van der Waals surface area contributed by atoms with Crippen LogP contribution in [0.4, 0.5) is 0 Å². The molecule has 0 spiro atoms. The molecule has 0 unspecified atom stereocenters. The Bertz CT molecular complexity index is 445. The molecule has 7 heteroatoms. The second-order valence-corrected chi connectivity index (χ2v) is 7.63. The normalized spacial score (nSPS) is 23.1. The Kier molecular flexibility index (Phi) is 5.34. The second kappa shape index (κ2) is 6.36. The zero-order valence-corrected chi connectivity index (χ0v) is 12.4. The first-order chi connectivity index (χ1) is 8.75. The van der Waals surface area contributed by atoms with Gasteiger partial charge in [-0.15, -0.1) is 0 Å². The Balaban J connectivity index is 2.64. The lowest BCUT2D eigenvalue weighted by atomic mass is 10.0. The smallest absolute Gasteiger partial charge is 0.242 e. The summed E-state index contributed by atoms with van der Waals surface area (Å²) in [6.07, 6.45) is 0.876. The van der Waals surface area contributed by atoms with Gasteiger partial charge in [0.1, 0.15) is 6.04 Å². The number of amides is 2. The Morgan fingerprint density at radius 2 is 1.95 bits per heavy atom. The number of nitrogens with one attached hydrogen (secondary N) is 2. The summed E-state index contributed by atoms with van der Waals surface area (Å²) in [4.78, 5) is 23.7. The fourth-order valence-corrected chi connectivity index (χ4v) is 3.91. The molecule has 110 valence electrons. The number of hydrogen-bond acceptors (Lipinski definition) is 4. The Morgan fingerprint density at radius 3 is 2.37 bits per heavy atom. The Labute approximate surface area is 114 Å². The average molecular weight is 290 g/mol. The number of carbonyl (C=O) groups is 2. The predicted molar refractivity (Wildman–Crippen MR) is 72.2 cm³/mol. The molecule has 1 saturated heterocycles. The molecule has 1 aliphatic heterocycles. The van der Waals surface area contributed by atoms with Crippen molar-refractivity contribution in [1.29, 1.82) is 0 Å². The standard InChI is InChI=1S/C12H22N2O4S/c1-8(2)6-10(12(16)13-3)14-11(15)9-4-5-19(17,18)7-9/h8-10H,4-7H2,1-3H3,(H,13,16)(H,14,15)/t9-,10-/m0/s1. The predicted octanol–water partition coefficient (Wildman–Crippen LogP) is -0.302. The molecule has 0 aromatic carbocycles. The summed E-state index contributed by atoms with van der Waals surface area (Å²) in [6.45, 7) is 3.92. The van der Waals surface area contributed by atoms with Gasteiger partial charge in [-0.3, -0.25) is 9.59 Å². The van der Waals surface area contributed by atoms with E-state index in [4.69, 9.17) is 0 Å². The summed E-state index contributed by atoms with van der Waals surface area (Å²) in [5, 5.41) is 5.17. The molecule has 1 fully saturated rings. The summed E-state index contributed by atoms with van der Waals surface area (Å²) in [5.41, 5.74) is 0. The number of likely N-dealkylation sites (N-methyl/N-ethyl adjacent to an activating group) is 1. The molecule has 0 aromatic rings. The number of rotatable bonds is 5. The minimum Gasteiger partial charge on any atom is -0.357 e. The van der Waals surface area contributed by atoms with Crippen LogP contribution in [0.3, 0.4) is 0 Å². The third-order valence-corrected chi connectivity index (χ3v) is 4.96. The molecule has 1 heterocycles. The molecule has 0 aliphatic carbocycles. The van der Waals surface area contributed by atoms with Crippen molar-refractivity contribution in [2.24, 2.45) is 11.8 Å². The summed E-state index contributed by atoms with van der Waals surface area (Å²) in [6, 6.07) is -0.596. The fraction of sp³-hybridized carbons (Fsp3) is 0.833. The molecule has 2 amide bonds. The monoisotopic (exact) mass is 290 g/mol. The van der Waals surface area contributed by atoms with E-state index in [1.165, 1.54) is 7.05 Å². The largest absolute Gasteiger partial charge is 0.357 e. The van der Waals surface area contributed by atoms with Gasteiger partial charge in [0.15, 0.2) is 9.84 Å². The van der Waals surface area contributed by atoms with Crippen molar-refractivity contribution >= 4 is 21.7 Å². The van der Waals surface area contributed by atoms with Crippen molar-refractivity contribution in [2.75, 3.05) is 18.6 Å². The lowest BCUT2D eigenvalue weighted by Gasteiger charge is -2.20. The van der Waals surface area contributed by atoms with Crippen molar-refractivity contribution in [2.45, 2.75) is 32.7 Å². The van der Waals surface area contributed by atoms with Crippen LogP contribution in [0.15, 0.2) is 0 Å². The molecule has 6 nitrogen and oxygen atoms in total. The molecule has 0 saturated carbocycles. The third-order valence-electron chi connectivity index (χ3n) is 3.19. The van der Waals surface area contributed by atoms with Gasteiger partial charge in [0, 0.05) is 7.05 Å². The van der Waals surface area contributed by atoms with Crippen molar-refractivity contribution in [3.8, 4) is 0 Å². The maximum atomic E-state index is 12.0. The molecular formula is C12H22N2O4S. The summed E-state index contributed by atoms with van der Waals surface area (Å²) < 4.78 is 22.7. The molecule has 2 atom stereocenters. The van der Waals surface area contributed by atoms with E-state index in [-0.39, 0.29) is 29.2 Å². The van der Waals surface area contributed by atoms with Crippen LogP contribution < -0.4 is 10.6 Å². The lowest BCUT2D eigenvalue weighted by Crippen LogP contribution is -2.48. The molecule has 0 radical (unpaired) electrons. The van der Waals surface area contributed by atoms with Crippen LogP contribution in [0.1, 0.15) is 26.7 Å². The van der Waals surface area contributed by atoms with E-state index in [2.05, 4.69) is 10.6 Å². The minimum absolute atomic E-state index is 0.0555. The van der Waals surface area contributed by atoms with Crippen LogP contribution >= 0.6 is 0 Å². The highest BCUT2D eigenvalue weighted by molar-refractivity contribution is 7.91. The lowest BCUT2D eigenvalue weighted by molar-refractivity contribution is -0.130. The van der Waals surface area contributed by atoms with E-state index in [0.29, 0.717) is 12.8 Å². The topological polar surface area (TPSA) is 92.3 Å². The highest BCUT2D eigenvalue weighted by Gasteiger charge is 2.34. The van der Waals surface area contributed by atoms with Crippen molar-refractivity contribution in [1.82, 2.24) is 10.6 Å². The van der Waals surface area contributed by atoms with E-state index >= 15 is 0 Å². The van der Waals surface area contributed by atoms with E-state index in [1.54, 1.807) is 0 Å². The maximum absolute atomic E-state index is 12.0. The molecule has 19 heavy (non-hydrogen) atoms. The van der Waals surface area contributed by atoms with E-state index in [9.17, 15) is 18.0 Å². The molecule has 1 rings (SSSR count). The minimum atomic E-state index is -3.09. The molecule has 0 aromatic heterocycles. The van der Waals surface area contributed by atoms with E-state index in [0.717, 1.165) is 0 Å². The third kappa shape index (κ3) is 4.81. The van der Waals surface area contributed by atoms with E-state index < -0.39 is 21.8 Å². The van der Waals surface area contributed by atoms with Gasteiger partial charge < -0.3 is 10.6 Å². The average Bonchev–Trinajstić information content (AvgIpc) is 2.67. The number of sulfone groups is 1. The van der Waals surface area contributed by atoms with Gasteiger partial charge in [-0.25, -0.2) is 8.42 Å². The molecule has 0 bridgehead atoms. The van der Waals surface area contributed by atoms with Crippen LogP contribution in [0.5, 0.6) is 0 Å². The summed E-state index contributed by atoms with van der Waals surface area (Å²) in [5.74, 6) is -0.904. The zero-order chi connectivity index (χ0) is 14.6. The summed E-state index contributed by atoms with van der Waals surface area (Å²) in [7, 11) is -1.57. The first-order valence-corrected chi connectivity index (χ1v) is 8.29. The Hall–Kier alpha value is -1.11. The number of hydrogen-bond donors (Lipinski definition) is 2. The van der Waals surface area contributed by atoms with Crippen LogP contribution in [-0.2, 0) is 19.4 Å². The zero-order valence-electron chi connectivity index (χ0n) is 11.6. The van der Waals surface area contributed by atoms with Gasteiger partial charge in [0.2, 0.25) is 11.8 Å². The Morgan fingerprint density at radius 1 is 1.32 bits per heavy atom. The maximum Gasteiger partial charge on any atom is 0.242 e. The quantitative estimate of drug-likeness (QED) is 0.727. The van der Waals surface area contributed by atoms with Gasteiger partial charge in [0.25, 0.3) is 0 Å². The fourth-order valence-electron chi connectivity index (χ4n) is 2.17. The van der Waals surface area contributed by atoms with Crippen LogP contribution in [0.25, 0.3) is 0 Å². The molecule has 1 aliphatic rings. The van der Waals surface area contributed by atoms with Gasteiger partial charge in [-0.05, 0) is 18.8 Å². The van der Waals surface area contributed by atoms with Crippen molar-refractivity contribution < 1.29 is 18.0 Å². The first-order valence-electron chi connectivity index (χ1n) is 6.47. The van der Waals surface area contributed by atoms with Crippen LogP contribution in [0.2, 0.25) is 0 Å². The molecular weight excluding hydrogens is 268 g/mol. The van der Waals surface area contributed by atoms with Gasteiger partial charge in [-0.1, -0.05) is 13.8 Å². The van der Waals surface area contributed by atoms with Gasteiger partial charge in [-0.2, -0.15) is 0 Å². The van der Waals surface area contributed by atoms with Crippen LogP contribution in [0, 0.1) is 11.8 Å².